The van der Waals surface area contributed by atoms with Gasteiger partial charge in [-0.3, -0.25) is 9.59 Å². The highest BCUT2D eigenvalue weighted by molar-refractivity contribution is 5.76. The van der Waals surface area contributed by atoms with Crippen LogP contribution in [-0.4, -0.2) is 47.4 Å². The van der Waals surface area contributed by atoms with Gasteiger partial charge in [0, 0.05) is 12.8 Å². The van der Waals surface area contributed by atoms with Crippen molar-refractivity contribution in [2.24, 2.45) is 0 Å². The lowest BCUT2D eigenvalue weighted by Gasteiger charge is -2.22. The summed E-state index contributed by atoms with van der Waals surface area (Å²) in [6.07, 6.45) is 94.2. The fraction of sp³-hybridized carbons (Fsp3) is 0.923. The molecule has 6 heteroatoms. The van der Waals surface area contributed by atoms with Crippen molar-refractivity contribution < 1.29 is 24.5 Å². The highest BCUT2D eigenvalue weighted by Gasteiger charge is 2.20. The van der Waals surface area contributed by atoms with Gasteiger partial charge in [-0.25, -0.2) is 0 Å². The Morgan fingerprint density at radius 1 is 0.333 bits per heavy atom. The van der Waals surface area contributed by atoms with Crippen molar-refractivity contribution in [2.75, 3.05) is 13.2 Å². The lowest BCUT2D eigenvalue weighted by Crippen LogP contribution is -2.45. The summed E-state index contributed by atoms with van der Waals surface area (Å²) >= 11 is 0. The van der Waals surface area contributed by atoms with Crippen LogP contribution in [0.15, 0.2) is 24.3 Å². The summed E-state index contributed by atoms with van der Waals surface area (Å²) in [5.74, 6) is -0.0158. The minimum absolute atomic E-state index is 0.00996. The van der Waals surface area contributed by atoms with Crippen molar-refractivity contribution in [2.45, 2.75) is 450 Å². The molecule has 0 spiro atoms. The molecule has 84 heavy (non-hydrogen) atoms. The SMILES string of the molecule is CCCC/C=C\C/C=C\CCCCCCCC(=O)OCCCCCCCCCCCCCCCCCCCCCCCCCCCCCCCCCCCCCCCCCC(=O)NC(CO)C(O)CCCCCCCCCCCCCCCC. The van der Waals surface area contributed by atoms with Crippen LogP contribution >= 0.6 is 0 Å². The molecular formula is C78H151NO5. The van der Waals surface area contributed by atoms with Crippen LogP contribution in [0.3, 0.4) is 0 Å². The van der Waals surface area contributed by atoms with Gasteiger partial charge in [-0.15, -0.1) is 0 Å². The number of ether oxygens (including phenoxy) is 1. The monoisotopic (exact) mass is 1180 g/mol. The van der Waals surface area contributed by atoms with Gasteiger partial charge in [0.15, 0.2) is 0 Å². The van der Waals surface area contributed by atoms with Crippen molar-refractivity contribution in [3.63, 3.8) is 0 Å². The summed E-state index contributed by atoms with van der Waals surface area (Å²) in [7, 11) is 0. The Morgan fingerprint density at radius 2 is 0.607 bits per heavy atom. The molecule has 0 aliphatic rings. The van der Waals surface area contributed by atoms with Gasteiger partial charge in [0.2, 0.25) is 5.91 Å². The molecule has 0 aliphatic heterocycles. The van der Waals surface area contributed by atoms with Crippen molar-refractivity contribution >= 4 is 11.9 Å². The molecule has 0 bridgehead atoms. The minimum Gasteiger partial charge on any atom is -0.466 e. The number of hydrogen-bond donors (Lipinski definition) is 3. The molecule has 0 aliphatic carbocycles. The second kappa shape index (κ2) is 73.8. The molecule has 0 radical (unpaired) electrons. The van der Waals surface area contributed by atoms with Crippen LogP contribution < -0.4 is 5.32 Å². The highest BCUT2D eigenvalue weighted by atomic mass is 16.5. The normalized spacial score (nSPS) is 12.6. The fourth-order valence-corrected chi connectivity index (χ4v) is 12.4. The van der Waals surface area contributed by atoms with Crippen LogP contribution in [-0.2, 0) is 14.3 Å². The predicted molar refractivity (Wildman–Crippen MR) is 370 cm³/mol. The van der Waals surface area contributed by atoms with Crippen molar-refractivity contribution in [1.82, 2.24) is 5.32 Å². The maximum Gasteiger partial charge on any atom is 0.305 e. The predicted octanol–water partition coefficient (Wildman–Crippen LogP) is 25.3. The van der Waals surface area contributed by atoms with Crippen LogP contribution in [0.1, 0.15) is 438 Å². The molecule has 0 fully saturated rings. The molecule has 2 unspecified atom stereocenters. The number of nitrogens with one attached hydrogen (secondary N) is 1. The number of allylic oxidation sites excluding steroid dienone is 4. The first-order valence-corrected chi connectivity index (χ1v) is 38.6. The van der Waals surface area contributed by atoms with E-state index in [-0.39, 0.29) is 18.5 Å². The summed E-state index contributed by atoms with van der Waals surface area (Å²) in [4.78, 5) is 24.6. The van der Waals surface area contributed by atoms with E-state index in [1.165, 1.54) is 353 Å². The topological polar surface area (TPSA) is 95.9 Å². The maximum atomic E-state index is 12.5. The first-order chi connectivity index (χ1) is 41.5. The van der Waals surface area contributed by atoms with Crippen molar-refractivity contribution in [3.05, 3.63) is 24.3 Å². The van der Waals surface area contributed by atoms with Crippen molar-refractivity contribution in [3.8, 4) is 0 Å². The largest absolute Gasteiger partial charge is 0.466 e. The van der Waals surface area contributed by atoms with E-state index in [0.717, 1.165) is 51.4 Å². The Kier molecular flexibility index (Phi) is 72.3. The Morgan fingerprint density at radius 3 is 0.940 bits per heavy atom. The van der Waals surface area contributed by atoms with E-state index in [4.69, 9.17) is 4.74 Å². The summed E-state index contributed by atoms with van der Waals surface area (Å²) < 4.78 is 5.49. The number of aliphatic hydroxyl groups is 2. The molecule has 1 amide bonds. The van der Waals surface area contributed by atoms with E-state index in [1.54, 1.807) is 0 Å². The molecule has 0 saturated heterocycles. The van der Waals surface area contributed by atoms with Gasteiger partial charge in [-0.1, -0.05) is 398 Å². The highest BCUT2D eigenvalue weighted by Crippen LogP contribution is 2.20. The molecule has 0 aromatic rings. The number of carbonyl (C=O) groups is 2. The number of aliphatic hydroxyl groups excluding tert-OH is 2. The zero-order valence-corrected chi connectivity index (χ0v) is 57.2. The molecule has 0 heterocycles. The second-order valence-corrected chi connectivity index (χ2v) is 26.7. The maximum absolute atomic E-state index is 12.5. The lowest BCUT2D eigenvalue weighted by atomic mass is 10.0. The molecule has 498 valence electrons. The number of carbonyl (C=O) groups excluding carboxylic acids is 2. The average molecular weight is 1180 g/mol. The van der Waals surface area contributed by atoms with Gasteiger partial charge in [-0.2, -0.15) is 0 Å². The number of unbranched alkanes of at least 4 members (excludes halogenated alkanes) is 58. The molecule has 0 aromatic carbocycles. The standard InChI is InChI=1S/C78H151NO5/c1-3-5-7-9-11-13-15-17-46-50-54-58-62-66-70-76(81)75(74-80)79-77(82)71-67-63-59-55-51-47-44-42-40-38-36-34-32-30-28-26-24-22-20-19-21-23-25-27-29-31-33-35-37-39-41-43-45-49-53-57-61-65-69-73-84-78(83)72-68-64-60-56-52-48-18-16-14-12-10-8-6-4-2/h10,12,16,18,75-76,80-81H,3-9,11,13-15,17,19-74H2,1-2H3,(H,79,82)/b12-10-,18-16-. The first-order valence-electron chi connectivity index (χ1n) is 38.6. The zero-order valence-electron chi connectivity index (χ0n) is 57.2. The van der Waals surface area contributed by atoms with Gasteiger partial charge in [0.25, 0.3) is 0 Å². The van der Waals surface area contributed by atoms with E-state index < -0.39 is 12.1 Å². The molecule has 0 rings (SSSR count). The molecule has 2 atom stereocenters. The van der Waals surface area contributed by atoms with Crippen LogP contribution in [0, 0.1) is 0 Å². The third kappa shape index (κ3) is 69.4. The van der Waals surface area contributed by atoms with E-state index in [9.17, 15) is 19.8 Å². The van der Waals surface area contributed by atoms with Gasteiger partial charge >= 0.3 is 5.97 Å². The molecular weight excluding hydrogens is 1030 g/mol. The van der Waals surface area contributed by atoms with Gasteiger partial charge in [0.1, 0.15) is 0 Å². The van der Waals surface area contributed by atoms with Crippen LogP contribution in [0.25, 0.3) is 0 Å². The first kappa shape index (κ1) is 82.3. The number of esters is 1. The molecule has 3 N–H and O–H groups in total. The van der Waals surface area contributed by atoms with Gasteiger partial charge in [0.05, 0.1) is 25.4 Å². The quantitative estimate of drug-likeness (QED) is 0.0320. The van der Waals surface area contributed by atoms with Crippen molar-refractivity contribution in [1.29, 1.82) is 0 Å². The zero-order chi connectivity index (χ0) is 60.6. The number of amides is 1. The number of hydrogen-bond acceptors (Lipinski definition) is 5. The fourth-order valence-electron chi connectivity index (χ4n) is 12.4. The molecule has 0 saturated carbocycles. The van der Waals surface area contributed by atoms with Crippen LogP contribution in [0.4, 0.5) is 0 Å². The summed E-state index contributed by atoms with van der Waals surface area (Å²) in [6, 6.07) is -0.536. The third-order valence-corrected chi connectivity index (χ3v) is 18.3. The van der Waals surface area contributed by atoms with Crippen LogP contribution in [0.2, 0.25) is 0 Å². The van der Waals surface area contributed by atoms with E-state index in [2.05, 4.69) is 43.5 Å². The second-order valence-electron chi connectivity index (χ2n) is 26.7. The average Bonchev–Trinajstić information content (AvgIpc) is 3.52. The van der Waals surface area contributed by atoms with Crippen LogP contribution in [0.5, 0.6) is 0 Å². The summed E-state index contributed by atoms with van der Waals surface area (Å²) in [5.41, 5.74) is 0. The third-order valence-electron chi connectivity index (χ3n) is 18.3. The van der Waals surface area contributed by atoms with E-state index in [0.29, 0.717) is 25.9 Å². The Balaban J connectivity index is 3.28. The smallest absolute Gasteiger partial charge is 0.305 e. The molecule has 6 nitrogen and oxygen atoms in total. The molecule has 0 aromatic heterocycles. The number of rotatable bonds is 73. The Hall–Kier alpha value is -1.66. The van der Waals surface area contributed by atoms with E-state index >= 15 is 0 Å². The minimum atomic E-state index is -0.659. The summed E-state index contributed by atoms with van der Waals surface area (Å²) in [5, 5.41) is 23.3. The Bertz CT molecular complexity index is 1320. The van der Waals surface area contributed by atoms with Gasteiger partial charge in [-0.05, 0) is 51.4 Å². The Labute approximate surface area is 526 Å². The van der Waals surface area contributed by atoms with E-state index in [1.807, 2.05) is 0 Å². The lowest BCUT2D eigenvalue weighted by molar-refractivity contribution is -0.143. The van der Waals surface area contributed by atoms with Gasteiger partial charge < -0.3 is 20.3 Å². The summed E-state index contributed by atoms with van der Waals surface area (Å²) in [6.45, 7) is 4.95.